The summed E-state index contributed by atoms with van der Waals surface area (Å²) >= 11 is 0. The minimum Gasteiger partial charge on any atom is -0.377 e. The Morgan fingerprint density at radius 1 is 1.35 bits per heavy atom. The van der Waals surface area contributed by atoms with Gasteiger partial charge in [0.15, 0.2) is 0 Å². The van der Waals surface area contributed by atoms with Crippen LogP contribution in [0, 0.1) is 0 Å². The van der Waals surface area contributed by atoms with Crippen LogP contribution in [-0.4, -0.2) is 50.0 Å². The van der Waals surface area contributed by atoms with Gasteiger partial charge in [0.25, 0.3) is 0 Å². The van der Waals surface area contributed by atoms with Crippen molar-refractivity contribution in [1.82, 2.24) is 4.31 Å². The first-order valence-corrected chi connectivity index (χ1v) is 7.42. The van der Waals surface area contributed by atoms with E-state index in [1.807, 2.05) is 0 Å². The summed E-state index contributed by atoms with van der Waals surface area (Å²) in [5.41, 5.74) is 0. The largest absolute Gasteiger partial charge is 0.377 e. The minimum absolute atomic E-state index is 0.00211. The maximum Gasteiger partial charge on any atom is 0.236 e. The van der Waals surface area contributed by atoms with Crippen LogP contribution in [0.3, 0.4) is 0 Å². The number of isocyanates is 1. The molecule has 6 nitrogen and oxygen atoms in total. The average molecular weight is 260 g/mol. The number of nitrogens with zero attached hydrogens (tertiary/aromatic N) is 2. The molecule has 0 saturated carbocycles. The Balaban J connectivity index is 2.05. The minimum atomic E-state index is -3.38. The summed E-state index contributed by atoms with van der Waals surface area (Å²) in [6, 6.07) is 0. The molecule has 0 spiro atoms. The highest BCUT2D eigenvalue weighted by molar-refractivity contribution is 7.89. The molecular formula is C10H16N2O4S. The molecule has 2 saturated heterocycles. The van der Waals surface area contributed by atoms with Crippen LogP contribution in [0.2, 0.25) is 0 Å². The van der Waals surface area contributed by atoms with Gasteiger partial charge in [-0.3, -0.25) is 0 Å². The summed E-state index contributed by atoms with van der Waals surface area (Å²) in [5.74, 6) is -0.00211. The van der Waals surface area contributed by atoms with E-state index in [1.54, 1.807) is 0 Å². The van der Waals surface area contributed by atoms with Crippen LogP contribution in [0.4, 0.5) is 0 Å². The maximum absolute atomic E-state index is 12.1. The molecule has 0 N–H and O–H groups in total. The van der Waals surface area contributed by atoms with Crippen LogP contribution < -0.4 is 0 Å². The Kier molecular flexibility index (Phi) is 3.93. The Bertz CT molecular complexity index is 410. The molecule has 2 aliphatic heterocycles. The van der Waals surface area contributed by atoms with Crippen molar-refractivity contribution in [2.45, 2.75) is 38.0 Å². The van der Waals surface area contributed by atoms with E-state index in [0.717, 1.165) is 19.3 Å². The molecule has 2 unspecified atom stereocenters. The van der Waals surface area contributed by atoms with Gasteiger partial charge < -0.3 is 4.74 Å². The average Bonchev–Trinajstić information content (AvgIpc) is 2.88. The van der Waals surface area contributed by atoms with Crippen LogP contribution >= 0.6 is 0 Å². The third kappa shape index (κ3) is 2.93. The highest BCUT2D eigenvalue weighted by Gasteiger charge is 2.36. The fraction of sp³-hybridized carbons (Fsp3) is 0.900. The third-order valence-electron chi connectivity index (χ3n) is 3.15. The zero-order chi connectivity index (χ0) is 12.3. The lowest BCUT2D eigenvalue weighted by Crippen LogP contribution is -2.39. The first-order chi connectivity index (χ1) is 8.13. The highest BCUT2D eigenvalue weighted by atomic mass is 32.2. The first kappa shape index (κ1) is 12.7. The Morgan fingerprint density at radius 2 is 2.18 bits per heavy atom. The molecule has 7 heteroatoms. The molecule has 2 heterocycles. The summed E-state index contributed by atoms with van der Waals surface area (Å²) in [5, 5.41) is 0. The Labute approximate surface area is 101 Å². The van der Waals surface area contributed by atoms with Crippen molar-refractivity contribution in [3.63, 3.8) is 0 Å². The molecule has 0 radical (unpaired) electrons. The zero-order valence-electron chi connectivity index (χ0n) is 9.54. The predicted molar refractivity (Wildman–Crippen MR) is 60.6 cm³/mol. The molecule has 0 aromatic carbocycles. The molecular weight excluding hydrogens is 244 g/mol. The summed E-state index contributed by atoms with van der Waals surface area (Å²) in [7, 11) is -3.38. The highest BCUT2D eigenvalue weighted by Crippen LogP contribution is 2.24. The molecule has 0 aliphatic carbocycles. The second-order valence-corrected chi connectivity index (χ2v) is 6.33. The summed E-state index contributed by atoms with van der Waals surface area (Å²) in [6.45, 7) is 1.07. The summed E-state index contributed by atoms with van der Waals surface area (Å²) < 4.78 is 30.9. The van der Waals surface area contributed by atoms with Gasteiger partial charge >= 0.3 is 0 Å². The van der Waals surface area contributed by atoms with Crippen molar-refractivity contribution in [1.29, 1.82) is 0 Å². The van der Waals surface area contributed by atoms with E-state index in [9.17, 15) is 13.2 Å². The zero-order valence-corrected chi connectivity index (χ0v) is 10.4. The van der Waals surface area contributed by atoms with Gasteiger partial charge in [0.2, 0.25) is 16.1 Å². The lowest BCUT2D eigenvalue weighted by Gasteiger charge is -2.21. The van der Waals surface area contributed by atoms with E-state index in [2.05, 4.69) is 4.99 Å². The Morgan fingerprint density at radius 3 is 2.82 bits per heavy atom. The van der Waals surface area contributed by atoms with Crippen LogP contribution in [0.25, 0.3) is 0 Å². The summed E-state index contributed by atoms with van der Waals surface area (Å²) in [6.07, 6.45) is 3.71. The number of carbonyl (C=O) groups excluding carboxylic acids is 1. The van der Waals surface area contributed by atoms with Gasteiger partial charge in [-0.05, 0) is 25.7 Å². The van der Waals surface area contributed by atoms with Crippen molar-refractivity contribution >= 4 is 16.1 Å². The second-order valence-electron chi connectivity index (χ2n) is 4.37. The molecule has 0 aromatic rings. The van der Waals surface area contributed by atoms with Crippen molar-refractivity contribution in [3.8, 4) is 0 Å². The van der Waals surface area contributed by atoms with Crippen molar-refractivity contribution in [2.24, 2.45) is 4.99 Å². The third-order valence-corrected chi connectivity index (χ3v) is 5.09. The lowest BCUT2D eigenvalue weighted by atomic mass is 10.3. The van der Waals surface area contributed by atoms with E-state index >= 15 is 0 Å². The van der Waals surface area contributed by atoms with E-state index < -0.39 is 16.2 Å². The molecule has 2 atom stereocenters. The number of rotatable bonds is 4. The van der Waals surface area contributed by atoms with Crippen molar-refractivity contribution in [2.75, 3.05) is 18.9 Å². The monoisotopic (exact) mass is 260 g/mol. The number of hydrogen-bond acceptors (Lipinski definition) is 5. The smallest absolute Gasteiger partial charge is 0.236 e. The SMILES string of the molecule is O=C=NC1CCCN1S(=O)(=O)CC1CCCO1. The lowest BCUT2D eigenvalue weighted by molar-refractivity contribution is 0.126. The normalized spacial score (nSPS) is 30.4. The second kappa shape index (κ2) is 5.27. The molecule has 0 amide bonds. The van der Waals surface area contributed by atoms with Crippen molar-refractivity contribution in [3.05, 3.63) is 0 Å². The number of aliphatic imine (C=N–C) groups is 1. The maximum atomic E-state index is 12.1. The van der Waals surface area contributed by atoms with E-state index in [1.165, 1.54) is 10.4 Å². The number of ether oxygens (including phenoxy) is 1. The predicted octanol–water partition coefficient (Wildman–Crippen LogP) is 0.253. The van der Waals surface area contributed by atoms with Crippen LogP contribution in [0.5, 0.6) is 0 Å². The van der Waals surface area contributed by atoms with E-state index in [-0.39, 0.29) is 11.9 Å². The summed E-state index contributed by atoms with van der Waals surface area (Å²) in [4.78, 5) is 13.8. The molecule has 2 rings (SSSR count). The molecule has 17 heavy (non-hydrogen) atoms. The van der Waals surface area contributed by atoms with Gasteiger partial charge in [0.05, 0.1) is 11.9 Å². The van der Waals surface area contributed by atoms with Gasteiger partial charge in [-0.1, -0.05) is 0 Å². The molecule has 2 fully saturated rings. The van der Waals surface area contributed by atoms with Gasteiger partial charge in [0, 0.05) is 13.2 Å². The van der Waals surface area contributed by atoms with Crippen molar-refractivity contribution < 1.29 is 17.9 Å². The quantitative estimate of drug-likeness (QED) is 0.536. The number of hydrogen-bond donors (Lipinski definition) is 0. The number of sulfonamides is 1. The van der Waals surface area contributed by atoms with E-state index in [4.69, 9.17) is 4.74 Å². The van der Waals surface area contributed by atoms with Gasteiger partial charge in [-0.15, -0.1) is 0 Å². The van der Waals surface area contributed by atoms with E-state index in [0.29, 0.717) is 19.6 Å². The first-order valence-electron chi connectivity index (χ1n) is 5.81. The fourth-order valence-corrected chi connectivity index (χ4v) is 4.20. The molecule has 96 valence electrons. The molecule has 2 aliphatic rings. The van der Waals surface area contributed by atoms with Crippen LogP contribution in [0.1, 0.15) is 25.7 Å². The van der Waals surface area contributed by atoms with Gasteiger partial charge in [0.1, 0.15) is 6.17 Å². The fourth-order valence-electron chi connectivity index (χ4n) is 2.34. The van der Waals surface area contributed by atoms with Crippen LogP contribution in [0.15, 0.2) is 4.99 Å². The standard InChI is InChI=1S/C10H16N2O4S/c13-8-11-10-4-1-5-12(10)17(14,15)7-9-3-2-6-16-9/h9-10H,1-7H2. The van der Waals surface area contributed by atoms with Gasteiger partial charge in [-0.25, -0.2) is 13.2 Å². The van der Waals surface area contributed by atoms with Crippen LogP contribution in [-0.2, 0) is 19.6 Å². The topological polar surface area (TPSA) is 76.0 Å². The Hall–Kier alpha value is -0.750. The molecule has 0 bridgehead atoms. The van der Waals surface area contributed by atoms with Gasteiger partial charge in [-0.2, -0.15) is 9.30 Å². The molecule has 0 aromatic heterocycles.